The third kappa shape index (κ3) is 3.50. The third-order valence-electron chi connectivity index (χ3n) is 4.36. The standard InChI is InChI=1S/C21H17N5O2/c1-22-21(28)15-11-23-19(24-12-15)18(27)20-25-16-8-7-14(10-17(16)26-20)9-13-5-3-2-4-6-13/h2-8,10-12H,9H2,1H3,(H,22,28)(H,25,26). The number of aromatic amines is 1. The van der Waals surface area contributed by atoms with Crippen molar-refractivity contribution in [1.82, 2.24) is 25.3 Å². The van der Waals surface area contributed by atoms with Crippen molar-refractivity contribution in [3.63, 3.8) is 0 Å². The largest absolute Gasteiger partial charge is 0.355 e. The highest BCUT2D eigenvalue weighted by Gasteiger charge is 2.17. The van der Waals surface area contributed by atoms with Gasteiger partial charge in [-0.15, -0.1) is 0 Å². The van der Waals surface area contributed by atoms with Gasteiger partial charge < -0.3 is 10.3 Å². The highest BCUT2D eigenvalue weighted by Crippen LogP contribution is 2.17. The monoisotopic (exact) mass is 371 g/mol. The van der Waals surface area contributed by atoms with Crippen LogP contribution in [0.5, 0.6) is 0 Å². The molecule has 4 rings (SSSR count). The van der Waals surface area contributed by atoms with E-state index in [0.717, 1.165) is 17.5 Å². The highest BCUT2D eigenvalue weighted by molar-refractivity contribution is 6.05. The topological polar surface area (TPSA) is 101 Å². The number of nitrogens with one attached hydrogen (secondary N) is 2. The molecule has 0 aliphatic rings. The van der Waals surface area contributed by atoms with Crippen LogP contribution in [0.25, 0.3) is 11.0 Å². The van der Waals surface area contributed by atoms with Crippen molar-refractivity contribution in [2.24, 2.45) is 0 Å². The quantitative estimate of drug-likeness (QED) is 0.525. The molecule has 0 fully saturated rings. The molecular weight excluding hydrogens is 354 g/mol. The lowest BCUT2D eigenvalue weighted by Gasteiger charge is -2.01. The Bertz CT molecular complexity index is 1150. The van der Waals surface area contributed by atoms with E-state index in [1.165, 1.54) is 25.0 Å². The Morgan fingerprint density at radius 2 is 1.75 bits per heavy atom. The number of benzene rings is 2. The molecule has 138 valence electrons. The summed E-state index contributed by atoms with van der Waals surface area (Å²) in [6, 6.07) is 16.0. The van der Waals surface area contributed by atoms with Crippen LogP contribution in [0.4, 0.5) is 0 Å². The number of rotatable bonds is 5. The average Bonchev–Trinajstić information content (AvgIpc) is 3.17. The van der Waals surface area contributed by atoms with Crippen LogP contribution in [-0.4, -0.2) is 38.7 Å². The number of nitrogens with zero attached hydrogens (tertiary/aromatic N) is 3. The second-order valence-corrected chi connectivity index (χ2v) is 6.30. The van der Waals surface area contributed by atoms with Gasteiger partial charge in [0.05, 0.1) is 16.6 Å². The molecule has 0 saturated heterocycles. The Balaban J connectivity index is 1.58. The zero-order valence-corrected chi connectivity index (χ0v) is 15.1. The lowest BCUT2D eigenvalue weighted by Crippen LogP contribution is -2.19. The molecule has 0 aliphatic carbocycles. The molecule has 0 atom stereocenters. The molecule has 7 heteroatoms. The third-order valence-corrected chi connectivity index (χ3v) is 4.36. The van der Waals surface area contributed by atoms with Gasteiger partial charge in [-0.05, 0) is 29.7 Å². The second-order valence-electron chi connectivity index (χ2n) is 6.30. The van der Waals surface area contributed by atoms with Gasteiger partial charge >= 0.3 is 0 Å². The Labute approximate surface area is 160 Å². The van der Waals surface area contributed by atoms with E-state index in [2.05, 4.69) is 37.4 Å². The smallest absolute Gasteiger partial charge is 0.265 e. The Hall–Kier alpha value is -3.87. The van der Waals surface area contributed by atoms with Crippen molar-refractivity contribution in [2.45, 2.75) is 6.42 Å². The van der Waals surface area contributed by atoms with Gasteiger partial charge in [0, 0.05) is 19.4 Å². The molecule has 7 nitrogen and oxygen atoms in total. The van der Waals surface area contributed by atoms with Gasteiger partial charge in [0.25, 0.3) is 11.7 Å². The fraction of sp³-hybridized carbons (Fsp3) is 0.0952. The number of ketones is 1. The fourth-order valence-electron chi connectivity index (χ4n) is 2.92. The van der Waals surface area contributed by atoms with Crippen molar-refractivity contribution < 1.29 is 9.59 Å². The maximum atomic E-state index is 12.6. The molecule has 2 heterocycles. The summed E-state index contributed by atoms with van der Waals surface area (Å²) in [7, 11) is 1.52. The number of fused-ring (bicyclic) bond motifs is 1. The summed E-state index contributed by atoms with van der Waals surface area (Å²) in [6.45, 7) is 0. The fourth-order valence-corrected chi connectivity index (χ4v) is 2.92. The minimum atomic E-state index is -0.427. The molecule has 0 bridgehead atoms. The molecule has 4 aromatic rings. The van der Waals surface area contributed by atoms with E-state index in [4.69, 9.17) is 0 Å². The molecule has 2 aromatic carbocycles. The van der Waals surface area contributed by atoms with Gasteiger partial charge in [0.1, 0.15) is 0 Å². The zero-order chi connectivity index (χ0) is 19.5. The molecule has 0 spiro atoms. The van der Waals surface area contributed by atoms with E-state index in [1.807, 2.05) is 36.4 Å². The number of imidazole rings is 1. The van der Waals surface area contributed by atoms with Crippen LogP contribution >= 0.6 is 0 Å². The van der Waals surface area contributed by atoms with E-state index in [9.17, 15) is 9.59 Å². The molecule has 0 saturated carbocycles. The summed E-state index contributed by atoms with van der Waals surface area (Å²) in [5, 5.41) is 2.48. The van der Waals surface area contributed by atoms with E-state index < -0.39 is 5.78 Å². The predicted molar refractivity (Wildman–Crippen MR) is 104 cm³/mol. The Morgan fingerprint density at radius 3 is 2.46 bits per heavy atom. The maximum absolute atomic E-state index is 12.6. The molecule has 2 N–H and O–H groups in total. The average molecular weight is 371 g/mol. The first-order chi connectivity index (χ1) is 13.6. The first kappa shape index (κ1) is 17.5. The zero-order valence-electron chi connectivity index (χ0n) is 15.1. The second kappa shape index (κ2) is 7.40. The lowest BCUT2D eigenvalue weighted by molar-refractivity contribution is 0.0959. The summed E-state index contributed by atoms with van der Waals surface area (Å²) in [4.78, 5) is 39.5. The number of aromatic nitrogens is 4. The molecule has 0 radical (unpaired) electrons. The lowest BCUT2D eigenvalue weighted by atomic mass is 10.0. The minimum Gasteiger partial charge on any atom is -0.355 e. The Morgan fingerprint density at radius 1 is 1.00 bits per heavy atom. The number of hydrogen-bond acceptors (Lipinski definition) is 5. The minimum absolute atomic E-state index is 0.0174. The Kier molecular flexibility index (Phi) is 4.63. The van der Waals surface area contributed by atoms with E-state index in [1.54, 1.807) is 0 Å². The van der Waals surface area contributed by atoms with Crippen LogP contribution < -0.4 is 5.32 Å². The van der Waals surface area contributed by atoms with Crippen molar-refractivity contribution in [3.05, 3.63) is 89.3 Å². The highest BCUT2D eigenvalue weighted by atomic mass is 16.1. The molecule has 0 unspecified atom stereocenters. The molecule has 1 amide bonds. The van der Waals surface area contributed by atoms with Crippen LogP contribution in [0.1, 0.15) is 37.9 Å². The number of hydrogen-bond donors (Lipinski definition) is 2. The van der Waals surface area contributed by atoms with Crippen LogP contribution in [-0.2, 0) is 6.42 Å². The number of amides is 1. The normalized spacial score (nSPS) is 10.8. The number of carbonyl (C=O) groups is 2. The maximum Gasteiger partial charge on any atom is 0.265 e. The first-order valence-corrected chi connectivity index (χ1v) is 8.75. The molecule has 2 aromatic heterocycles. The molecule has 28 heavy (non-hydrogen) atoms. The summed E-state index contributed by atoms with van der Waals surface area (Å²) in [6.07, 6.45) is 3.43. The molecule has 0 aliphatic heterocycles. The summed E-state index contributed by atoms with van der Waals surface area (Å²) in [5.41, 5.74) is 4.09. The van der Waals surface area contributed by atoms with E-state index in [0.29, 0.717) is 5.52 Å². The van der Waals surface area contributed by atoms with Gasteiger partial charge in [-0.1, -0.05) is 36.4 Å². The SMILES string of the molecule is CNC(=O)c1cnc(C(=O)c2nc3ccc(Cc4ccccc4)cc3[nH]2)nc1. The van der Waals surface area contributed by atoms with Gasteiger partial charge in [-0.2, -0.15) is 0 Å². The summed E-state index contributed by atoms with van der Waals surface area (Å²) >= 11 is 0. The van der Waals surface area contributed by atoms with Crippen molar-refractivity contribution in [3.8, 4) is 0 Å². The van der Waals surface area contributed by atoms with E-state index in [-0.39, 0.29) is 23.1 Å². The summed E-state index contributed by atoms with van der Waals surface area (Å²) in [5.74, 6) is -0.589. The van der Waals surface area contributed by atoms with Crippen molar-refractivity contribution in [1.29, 1.82) is 0 Å². The van der Waals surface area contributed by atoms with Gasteiger partial charge in [0.2, 0.25) is 5.82 Å². The number of H-pyrrole nitrogens is 1. The van der Waals surface area contributed by atoms with Crippen LogP contribution in [0, 0.1) is 0 Å². The van der Waals surface area contributed by atoms with E-state index >= 15 is 0 Å². The van der Waals surface area contributed by atoms with Crippen LogP contribution in [0.2, 0.25) is 0 Å². The van der Waals surface area contributed by atoms with Gasteiger partial charge in [-0.3, -0.25) is 9.59 Å². The van der Waals surface area contributed by atoms with Crippen LogP contribution in [0.15, 0.2) is 60.9 Å². The van der Waals surface area contributed by atoms with Gasteiger partial charge in [-0.25, -0.2) is 15.0 Å². The van der Waals surface area contributed by atoms with Crippen molar-refractivity contribution >= 4 is 22.7 Å². The van der Waals surface area contributed by atoms with Crippen LogP contribution in [0.3, 0.4) is 0 Å². The van der Waals surface area contributed by atoms with Crippen molar-refractivity contribution in [2.75, 3.05) is 7.05 Å². The first-order valence-electron chi connectivity index (χ1n) is 8.75. The van der Waals surface area contributed by atoms with Gasteiger partial charge in [0.15, 0.2) is 5.82 Å². The summed E-state index contributed by atoms with van der Waals surface area (Å²) < 4.78 is 0. The predicted octanol–water partition coefficient (Wildman–Crippen LogP) is 2.53. The number of carbonyl (C=O) groups excluding carboxylic acids is 2. The molecular formula is C21H17N5O2.